The van der Waals surface area contributed by atoms with Crippen molar-refractivity contribution in [3.05, 3.63) is 57.7 Å². The molecule has 3 aromatic carbocycles. The number of rotatable bonds is 2. The minimum Gasteiger partial charge on any atom is -0.455 e. The molecule has 0 saturated carbocycles. The topological polar surface area (TPSA) is 13.1 Å². The maximum Gasteiger partial charge on any atom is 0.148 e. The molecule has 104 valence electrons. The van der Waals surface area contributed by atoms with Crippen molar-refractivity contribution in [3.63, 3.8) is 0 Å². The van der Waals surface area contributed by atoms with Gasteiger partial charge in [-0.3, -0.25) is 0 Å². The molecule has 0 N–H and O–H groups in total. The fourth-order valence-corrected chi connectivity index (χ4v) is 3.79. The average Bonchev–Trinajstić information content (AvgIpc) is 2.88. The van der Waals surface area contributed by atoms with Crippen LogP contribution < -0.4 is 0 Å². The van der Waals surface area contributed by atoms with Gasteiger partial charge in [-0.1, -0.05) is 49.7 Å². The maximum atomic E-state index is 6.12. The summed E-state index contributed by atoms with van der Waals surface area (Å²) in [5.74, 6) is 0. The minimum absolute atomic E-state index is 0.991. The molecule has 1 aromatic heterocycles. The Kier molecular flexibility index (Phi) is 3.14. The van der Waals surface area contributed by atoms with E-state index in [9.17, 15) is 0 Å². The van der Waals surface area contributed by atoms with Crippen LogP contribution in [0.25, 0.3) is 32.7 Å². The molecule has 4 rings (SSSR count). The van der Waals surface area contributed by atoms with Crippen LogP contribution >= 0.6 is 22.6 Å². The standard InChI is InChI=1S/C19H15IO/c1-2-5-12-6-3-7-13-10-11-16-18(17(12)13)14-8-4-9-15(20)19(14)21-16/h3-4,6-11H,2,5H2,1H3. The normalized spacial score (nSPS) is 11.7. The Hall–Kier alpha value is -1.55. The monoisotopic (exact) mass is 386 g/mol. The highest BCUT2D eigenvalue weighted by atomic mass is 127. The molecule has 4 aromatic rings. The molecule has 0 spiro atoms. The summed E-state index contributed by atoms with van der Waals surface area (Å²) < 4.78 is 7.29. The Labute approximate surface area is 137 Å². The molecule has 21 heavy (non-hydrogen) atoms. The summed E-state index contributed by atoms with van der Waals surface area (Å²) in [5, 5.41) is 5.16. The molecule has 0 bridgehead atoms. The number of fused-ring (bicyclic) bond motifs is 5. The van der Waals surface area contributed by atoms with Crippen LogP contribution in [0.5, 0.6) is 0 Å². The van der Waals surface area contributed by atoms with Crippen LogP contribution in [0.1, 0.15) is 18.9 Å². The zero-order valence-corrected chi connectivity index (χ0v) is 14.0. The fourth-order valence-electron chi connectivity index (χ4n) is 3.19. The van der Waals surface area contributed by atoms with Crippen LogP contribution in [0, 0.1) is 3.57 Å². The Bertz CT molecular complexity index is 965. The molecule has 0 aliphatic rings. The second kappa shape index (κ2) is 5.02. The maximum absolute atomic E-state index is 6.12. The van der Waals surface area contributed by atoms with Crippen molar-refractivity contribution in [2.24, 2.45) is 0 Å². The van der Waals surface area contributed by atoms with Gasteiger partial charge in [0.1, 0.15) is 11.2 Å². The number of benzene rings is 3. The third-order valence-electron chi connectivity index (χ3n) is 4.06. The van der Waals surface area contributed by atoms with Crippen molar-refractivity contribution < 1.29 is 4.42 Å². The summed E-state index contributed by atoms with van der Waals surface area (Å²) in [6.07, 6.45) is 2.26. The highest BCUT2D eigenvalue weighted by molar-refractivity contribution is 14.1. The van der Waals surface area contributed by atoms with E-state index in [2.05, 4.69) is 78.0 Å². The van der Waals surface area contributed by atoms with Gasteiger partial charge in [-0.15, -0.1) is 0 Å². The van der Waals surface area contributed by atoms with E-state index >= 15 is 0 Å². The van der Waals surface area contributed by atoms with Crippen LogP contribution in [-0.4, -0.2) is 0 Å². The van der Waals surface area contributed by atoms with E-state index in [0.29, 0.717) is 0 Å². The van der Waals surface area contributed by atoms with Gasteiger partial charge in [0.2, 0.25) is 0 Å². The first-order valence-corrected chi connectivity index (χ1v) is 8.39. The van der Waals surface area contributed by atoms with Gasteiger partial charge >= 0.3 is 0 Å². The van der Waals surface area contributed by atoms with Crippen molar-refractivity contribution in [1.82, 2.24) is 0 Å². The van der Waals surface area contributed by atoms with Crippen molar-refractivity contribution in [1.29, 1.82) is 0 Å². The van der Waals surface area contributed by atoms with Gasteiger partial charge in [0.05, 0.1) is 3.57 Å². The summed E-state index contributed by atoms with van der Waals surface area (Å²) in [4.78, 5) is 0. The van der Waals surface area contributed by atoms with Crippen LogP contribution in [0.3, 0.4) is 0 Å². The van der Waals surface area contributed by atoms with Crippen LogP contribution in [-0.2, 0) is 6.42 Å². The summed E-state index contributed by atoms with van der Waals surface area (Å²) in [6.45, 7) is 2.23. The SMILES string of the molecule is CCCc1cccc2ccc3oc4c(I)cccc4c3c12. The lowest BCUT2D eigenvalue weighted by Crippen LogP contribution is -1.86. The number of aryl methyl sites for hydroxylation is 1. The van der Waals surface area contributed by atoms with Gasteiger partial charge in [0.15, 0.2) is 0 Å². The molecule has 2 heteroatoms. The van der Waals surface area contributed by atoms with Crippen molar-refractivity contribution in [2.75, 3.05) is 0 Å². The predicted octanol–water partition coefficient (Wildman–Crippen LogP) is 6.30. The van der Waals surface area contributed by atoms with E-state index in [1.165, 1.54) is 30.7 Å². The molecular formula is C19H15IO. The highest BCUT2D eigenvalue weighted by Gasteiger charge is 2.14. The number of halogens is 1. The summed E-state index contributed by atoms with van der Waals surface area (Å²) in [5.41, 5.74) is 3.42. The van der Waals surface area contributed by atoms with Crippen LogP contribution in [0.4, 0.5) is 0 Å². The Balaban J connectivity index is 2.26. The Morgan fingerprint density at radius 3 is 2.67 bits per heavy atom. The summed E-state index contributed by atoms with van der Waals surface area (Å²) in [7, 11) is 0. The lowest BCUT2D eigenvalue weighted by Gasteiger charge is -2.06. The van der Waals surface area contributed by atoms with Gasteiger partial charge in [-0.2, -0.15) is 0 Å². The smallest absolute Gasteiger partial charge is 0.148 e. The molecule has 0 radical (unpaired) electrons. The molecule has 0 saturated heterocycles. The summed E-state index contributed by atoms with van der Waals surface area (Å²) in [6, 6.07) is 17.3. The molecule has 0 atom stereocenters. The molecular weight excluding hydrogens is 371 g/mol. The third-order valence-corrected chi connectivity index (χ3v) is 4.91. The first-order chi connectivity index (χ1) is 10.3. The molecule has 0 aliphatic carbocycles. The molecule has 1 heterocycles. The zero-order valence-electron chi connectivity index (χ0n) is 11.8. The second-order valence-corrected chi connectivity index (χ2v) is 6.58. The van der Waals surface area contributed by atoms with E-state index < -0.39 is 0 Å². The number of para-hydroxylation sites is 1. The van der Waals surface area contributed by atoms with Gasteiger partial charge in [0.25, 0.3) is 0 Å². The highest BCUT2D eigenvalue weighted by Crippen LogP contribution is 2.37. The number of furan rings is 1. The van der Waals surface area contributed by atoms with E-state index in [-0.39, 0.29) is 0 Å². The molecule has 0 unspecified atom stereocenters. The third kappa shape index (κ3) is 1.96. The average molecular weight is 386 g/mol. The largest absolute Gasteiger partial charge is 0.455 e. The summed E-state index contributed by atoms with van der Waals surface area (Å²) >= 11 is 2.35. The van der Waals surface area contributed by atoms with E-state index in [4.69, 9.17) is 4.42 Å². The van der Waals surface area contributed by atoms with E-state index in [0.717, 1.165) is 24.0 Å². The first kappa shape index (κ1) is 13.1. The van der Waals surface area contributed by atoms with Gasteiger partial charge in [0, 0.05) is 10.8 Å². The lowest BCUT2D eigenvalue weighted by atomic mass is 9.97. The quantitative estimate of drug-likeness (QED) is 0.369. The predicted molar refractivity (Wildman–Crippen MR) is 97.9 cm³/mol. The second-order valence-electron chi connectivity index (χ2n) is 5.42. The van der Waals surface area contributed by atoms with Crippen molar-refractivity contribution in [2.45, 2.75) is 19.8 Å². The van der Waals surface area contributed by atoms with E-state index in [1.807, 2.05) is 0 Å². The van der Waals surface area contributed by atoms with Gasteiger partial charge in [-0.05, 0) is 57.5 Å². The molecule has 0 aliphatic heterocycles. The zero-order chi connectivity index (χ0) is 14.4. The van der Waals surface area contributed by atoms with Crippen molar-refractivity contribution >= 4 is 55.3 Å². The van der Waals surface area contributed by atoms with E-state index in [1.54, 1.807) is 0 Å². The Morgan fingerprint density at radius 1 is 0.952 bits per heavy atom. The van der Waals surface area contributed by atoms with Crippen molar-refractivity contribution in [3.8, 4) is 0 Å². The fraction of sp³-hybridized carbons (Fsp3) is 0.158. The van der Waals surface area contributed by atoms with Crippen LogP contribution in [0.15, 0.2) is 52.9 Å². The number of hydrogen-bond acceptors (Lipinski definition) is 1. The molecule has 1 nitrogen and oxygen atoms in total. The van der Waals surface area contributed by atoms with Crippen LogP contribution in [0.2, 0.25) is 0 Å². The lowest BCUT2D eigenvalue weighted by molar-refractivity contribution is 0.667. The van der Waals surface area contributed by atoms with Gasteiger partial charge < -0.3 is 4.42 Å². The first-order valence-electron chi connectivity index (χ1n) is 7.31. The molecule has 0 amide bonds. The number of hydrogen-bond donors (Lipinski definition) is 0. The van der Waals surface area contributed by atoms with Gasteiger partial charge in [-0.25, -0.2) is 0 Å². The Morgan fingerprint density at radius 2 is 1.81 bits per heavy atom. The minimum atomic E-state index is 0.991. The molecule has 0 fully saturated rings.